The zero-order valence-corrected chi connectivity index (χ0v) is 21.5. The number of carbonyl (C=O) groups is 1. The number of hydrogen-bond donors (Lipinski definition) is 3. The van der Waals surface area contributed by atoms with Gasteiger partial charge in [0.2, 0.25) is 5.95 Å². The maximum atomic E-state index is 12.9. The molecule has 4 heterocycles. The van der Waals surface area contributed by atoms with E-state index in [-0.39, 0.29) is 5.91 Å². The van der Waals surface area contributed by atoms with Gasteiger partial charge in [-0.3, -0.25) is 9.48 Å². The molecule has 3 N–H and O–H groups in total. The van der Waals surface area contributed by atoms with E-state index in [1.807, 2.05) is 45.4 Å². The summed E-state index contributed by atoms with van der Waals surface area (Å²) < 4.78 is 3.42. The Hall–Kier alpha value is -3.99. The third kappa shape index (κ3) is 4.86. The Morgan fingerprint density at radius 3 is 2.76 bits per heavy atom. The van der Waals surface area contributed by atoms with Crippen molar-refractivity contribution in [2.24, 2.45) is 19.5 Å². The van der Waals surface area contributed by atoms with Crippen molar-refractivity contribution in [2.75, 3.05) is 36.8 Å². The monoisotopic (exact) mass is 500 g/mol. The molecule has 6 rings (SSSR count). The Balaban J connectivity index is 1.13. The lowest BCUT2D eigenvalue weighted by molar-refractivity contribution is 0.0949. The maximum Gasteiger partial charge on any atom is 0.251 e. The summed E-state index contributed by atoms with van der Waals surface area (Å²) in [5.41, 5.74) is 4.55. The minimum absolute atomic E-state index is 0.0660. The summed E-state index contributed by atoms with van der Waals surface area (Å²) in [5, 5.41) is 19.2. The normalized spacial score (nSPS) is 16.4. The first-order valence-electron chi connectivity index (χ1n) is 12.7. The van der Waals surface area contributed by atoms with Crippen molar-refractivity contribution in [3.63, 3.8) is 0 Å². The van der Waals surface area contributed by atoms with Crippen LogP contribution in [-0.2, 0) is 14.1 Å². The van der Waals surface area contributed by atoms with Gasteiger partial charge >= 0.3 is 0 Å². The molecule has 1 aromatic carbocycles. The molecule has 1 amide bonds. The lowest BCUT2D eigenvalue weighted by atomic mass is 10.1. The van der Waals surface area contributed by atoms with Crippen LogP contribution in [0.2, 0.25) is 0 Å². The SMILES string of the molecule is Cc1ccc(C(=O)NCCN2CCC3(CC3)C2)cc1Nc1nn(C)c2nc(Nc3cnn(C)c3)ncc12. The predicted octanol–water partition coefficient (Wildman–Crippen LogP) is 3.11. The van der Waals surface area contributed by atoms with Crippen molar-refractivity contribution >= 4 is 40.1 Å². The van der Waals surface area contributed by atoms with Gasteiger partial charge in [0.1, 0.15) is 0 Å². The van der Waals surface area contributed by atoms with Gasteiger partial charge in [0.15, 0.2) is 11.5 Å². The number of likely N-dealkylation sites (tertiary alicyclic amines) is 1. The summed E-state index contributed by atoms with van der Waals surface area (Å²) in [7, 11) is 3.70. The highest BCUT2D eigenvalue weighted by Crippen LogP contribution is 2.52. The fourth-order valence-corrected chi connectivity index (χ4v) is 5.06. The molecular formula is C26H32N10O. The molecule has 11 heteroatoms. The lowest BCUT2D eigenvalue weighted by Gasteiger charge is -2.16. The molecule has 3 aromatic heterocycles. The van der Waals surface area contributed by atoms with E-state index in [0.29, 0.717) is 34.9 Å². The Bertz CT molecular complexity index is 1470. The number of rotatable bonds is 8. The van der Waals surface area contributed by atoms with Crippen molar-refractivity contribution < 1.29 is 4.79 Å². The van der Waals surface area contributed by atoms with E-state index in [0.717, 1.165) is 35.4 Å². The maximum absolute atomic E-state index is 12.9. The van der Waals surface area contributed by atoms with E-state index in [2.05, 4.69) is 41.0 Å². The van der Waals surface area contributed by atoms with E-state index in [4.69, 9.17) is 0 Å². The first-order valence-corrected chi connectivity index (χ1v) is 12.7. The molecule has 1 aliphatic heterocycles. The van der Waals surface area contributed by atoms with Crippen LogP contribution in [0.1, 0.15) is 35.2 Å². The van der Waals surface area contributed by atoms with E-state index in [9.17, 15) is 4.79 Å². The summed E-state index contributed by atoms with van der Waals surface area (Å²) in [4.78, 5) is 24.4. The van der Waals surface area contributed by atoms with E-state index >= 15 is 0 Å². The van der Waals surface area contributed by atoms with Crippen LogP contribution >= 0.6 is 0 Å². The predicted molar refractivity (Wildman–Crippen MR) is 142 cm³/mol. The molecule has 0 unspecified atom stereocenters. The number of benzene rings is 1. The molecule has 0 atom stereocenters. The average molecular weight is 501 g/mol. The summed E-state index contributed by atoms with van der Waals surface area (Å²) >= 11 is 0. The number of fused-ring (bicyclic) bond motifs is 1. The standard InChI is InChI=1S/C26H32N10O/c1-17-4-5-18(24(37)27-9-11-36-10-8-26(16-36)6-7-26)12-21(17)31-22-20-14-28-25(32-23(20)35(3)33-22)30-19-13-29-34(2)15-19/h4-5,12-15H,6-11,16H2,1-3H3,(H,27,37)(H,31,33)(H,28,30,32). The van der Waals surface area contributed by atoms with Crippen molar-refractivity contribution in [3.05, 3.63) is 47.9 Å². The zero-order chi connectivity index (χ0) is 25.6. The highest BCUT2D eigenvalue weighted by atomic mass is 16.1. The van der Waals surface area contributed by atoms with Gasteiger partial charge in [0.25, 0.3) is 5.91 Å². The van der Waals surface area contributed by atoms with Crippen LogP contribution in [0.5, 0.6) is 0 Å². The topological polar surface area (TPSA) is 118 Å². The van der Waals surface area contributed by atoms with Gasteiger partial charge in [-0.1, -0.05) is 6.07 Å². The van der Waals surface area contributed by atoms with Crippen molar-refractivity contribution in [1.29, 1.82) is 0 Å². The van der Waals surface area contributed by atoms with Gasteiger partial charge in [-0.05, 0) is 55.8 Å². The lowest BCUT2D eigenvalue weighted by Crippen LogP contribution is -2.34. The minimum atomic E-state index is -0.0660. The summed E-state index contributed by atoms with van der Waals surface area (Å²) in [6.07, 6.45) is 9.36. The number of aryl methyl sites for hydroxylation is 3. The zero-order valence-electron chi connectivity index (χ0n) is 21.5. The van der Waals surface area contributed by atoms with Gasteiger partial charge < -0.3 is 20.9 Å². The number of anilines is 4. The third-order valence-corrected chi connectivity index (χ3v) is 7.48. The number of carbonyl (C=O) groups excluding carboxylic acids is 1. The number of hydrogen-bond acceptors (Lipinski definition) is 8. The molecule has 37 heavy (non-hydrogen) atoms. The van der Waals surface area contributed by atoms with Crippen LogP contribution in [0.15, 0.2) is 36.8 Å². The van der Waals surface area contributed by atoms with Gasteiger partial charge in [0, 0.05) is 57.4 Å². The van der Waals surface area contributed by atoms with Crippen molar-refractivity contribution in [2.45, 2.75) is 26.2 Å². The Labute approximate surface area is 215 Å². The molecule has 1 aliphatic carbocycles. The highest BCUT2D eigenvalue weighted by Gasteiger charge is 2.47. The van der Waals surface area contributed by atoms with Crippen LogP contribution < -0.4 is 16.0 Å². The molecule has 11 nitrogen and oxygen atoms in total. The summed E-state index contributed by atoms with van der Waals surface area (Å²) in [6, 6.07) is 5.69. The number of amides is 1. The quantitative estimate of drug-likeness (QED) is 0.338. The second-order valence-electron chi connectivity index (χ2n) is 10.4. The van der Waals surface area contributed by atoms with Crippen molar-refractivity contribution in [3.8, 4) is 0 Å². The van der Waals surface area contributed by atoms with E-state index in [1.54, 1.807) is 21.8 Å². The molecule has 192 valence electrons. The first-order chi connectivity index (χ1) is 17.9. The van der Waals surface area contributed by atoms with Crippen LogP contribution in [0, 0.1) is 12.3 Å². The fourth-order valence-electron chi connectivity index (χ4n) is 5.06. The molecule has 0 bridgehead atoms. The molecule has 2 fully saturated rings. The molecule has 4 aromatic rings. The minimum Gasteiger partial charge on any atom is -0.351 e. The van der Waals surface area contributed by atoms with Gasteiger partial charge in [0.05, 0.1) is 17.3 Å². The van der Waals surface area contributed by atoms with Crippen LogP contribution in [0.4, 0.5) is 23.1 Å². The Morgan fingerprint density at radius 1 is 1.14 bits per heavy atom. The Morgan fingerprint density at radius 2 is 2.00 bits per heavy atom. The Kier molecular flexibility index (Phi) is 5.79. The number of nitrogens with zero attached hydrogens (tertiary/aromatic N) is 7. The molecule has 0 radical (unpaired) electrons. The van der Waals surface area contributed by atoms with Gasteiger partial charge in [-0.2, -0.15) is 15.2 Å². The summed E-state index contributed by atoms with van der Waals surface area (Å²) in [6.45, 7) is 5.90. The molecule has 1 saturated heterocycles. The number of aromatic nitrogens is 6. The van der Waals surface area contributed by atoms with Crippen LogP contribution in [-0.4, -0.2) is 66.5 Å². The second-order valence-corrected chi connectivity index (χ2v) is 10.4. The van der Waals surface area contributed by atoms with Crippen molar-refractivity contribution in [1.82, 2.24) is 39.7 Å². The van der Waals surface area contributed by atoms with Gasteiger partial charge in [-0.25, -0.2) is 9.67 Å². The number of nitrogens with one attached hydrogen (secondary N) is 3. The van der Waals surface area contributed by atoms with Gasteiger partial charge in [-0.15, -0.1) is 0 Å². The smallest absolute Gasteiger partial charge is 0.251 e. The second kappa shape index (κ2) is 9.15. The molecular weight excluding hydrogens is 468 g/mol. The van der Waals surface area contributed by atoms with E-state index in [1.165, 1.54) is 25.8 Å². The van der Waals surface area contributed by atoms with Crippen LogP contribution in [0.25, 0.3) is 11.0 Å². The van der Waals surface area contributed by atoms with Crippen LogP contribution in [0.3, 0.4) is 0 Å². The third-order valence-electron chi connectivity index (χ3n) is 7.48. The highest BCUT2D eigenvalue weighted by molar-refractivity contribution is 5.96. The largest absolute Gasteiger partial charge is 0.351 e. The molecule has 1 spiro atoms. The molecule has 1 saturated carbocycles. The first kappa shape index (κ1) is 23.4. The van der Waals surface area contributed by atoms with E-state index < -0.39 is 0 Å². The average Bonchev–Trinajstić information content (AvgIpc) is 3.15. The summed E-state index contributed by atoms with van der Waals surface area (Å²) in [5.74, 6) is 1.03. The fraction of sp³-hybridized carbons (Fsp3) is 0.423. The molecule has 2 aliphatic rings.